The molecule has 1 aliphatic heterocycles. The average Bonchev–Trinajstić information content (AvgIpc) is 3.15. The summed E-state index contributed by atoms with van der Waals surface area (Å²) in [5.74, 6) is -2.74. The number of benzene rings is 3. The third-order valence-electron chi connectivity index (χ3n) is 8.67. The molecule has 14 nitrogen and oxygen atoms in total. The highest BCUT2D eigenvalue weighted by Crippen LogP contribution is 2.37. The Morgan fingerprint density at radius 3 is 2.21 bits per heavy atom. The molecule has 2 N–H and O–H groups in total. The highest BCUT2D eigenvalue weighted by molar-refractivity contribution is 6.03. The Morgan fingerprint density at radius 2 is 1.60 bits per heavy atom. The van der Waals surface area contributed by atoms with Crippen LogP contribution < -0.4 is 35.6 Å². The number of ether oxygens (including phenoxy) is 3. The average molecular weight is 726 g/mol. The van der Waals surface area contributed by atoms with Gasteiger partial charge in [-0.25, -0.2) is 32.4 Å². The molecule has 0 spiro atoms. The zero-order chi connectivity index (χ0) is 37.7. The molecule has 1 fully saturated rings. The summed E-state index contributed by atoms with van der Waals surface area (Å²) in [6.45, 7) is 3.74. The number of halogens is 3. The van der Waals surface area contributed by atoms with Crippen molar-refractivity contribution in [2.75, 3.05) is 62.7 Å². The Kier molecular flexibility index (Phi) is 11.4. The smallest absolute Gasteiger partial charge is 0.407 e. The number of alkyl carbamates (subject to hydrolysis) is 1. The summed E-state index contributed by atoms with van der Waals surface area (Å²) in [6.07, 6.45) is -0.451. The van der Waals surface area contributed by atoms with E-state index in [4.69, 9.17) is 9.47 Å². The molecule has 1 saturated heterocycles. The van der Waals surface area contributed by atoms with Crippen LogP contribution in [0.1, 0.15) is 32.1 Å². The number of piperazine rings is 1. The first-order valence-electron chi connectivity index (χ1n) is 16.3. The first-order chi connectivity index (χ1) is 24.9. The van der Waals surface area contributed by atoms with Crippen LogP contribution in [0.4, 0.5) is 34.1 Å². The van der Waals surface area contributed by atoms with Crippen molar-refractivity contribution >= 4 is 40.3 Å². The fraction of sp³-hybridized carbons (Fsp3) is 0.343. The van der Waals surface area contributed by atoms with Gasteiger partial charge in [-0.3, -0.25) is 14.5 Å². The molecule has 4 amide bonds. The number of aromatic nitrogens is 2. The molecule has 17 heteroatoms. The number of fused-ring (bicyclic) bond motifs is 1. The summed E-state index contributed by atoms with van der Waals surface area (Å²) < 4.78 is 59.6. The molecular formula is C35H38F3N7O7. The SMILES string of the molecule is CC[C@H](NC(=O)OC)C(=O)N1CCN(n2c(C(C)N(C(=O)Nc3ccc(F)cc3)c3ccc(OC)cc3OC)nc3cc(F)c(F)cc3c2=O)CC1. The molecule has 2 atom stereocenters. The van der Waals surface area contributed by atoms with E-state index in [1.165, 1.54) is 60.1 Å². The highest BCUT2D eigenvalue weighted by Gasteiger charge is 2.34. The molecule has 1 aromatic heterocycles. The van der Waals surface area contributed by atoms with E-state index in [-0.39, 0.29) is 65.9 Å². The van der Waals surface area contributed by atoms with Crippen LogP contribution in [-0.2, 0) is 9.53 Å². The summed E-state index contributed by atoms with van der Waals surface area (Å²) in [7, 11) is 4.05. The topological polar surface area (TPSA) is 148 Å². The summed E-state index contributed by atoms with van der Waals surface area (Å²) in [4.78, 5) is 61.0. The summed E-state index contributed by atoms with van der Waals surface area (Å²) in [6, 6.07) is 8.68. The van der Waals surface area contributed by atoms with Gasteiger partial charge < -0.3 is 34.8 Å². The van der Waals surface area contributed by atoms with E-state index < -0.39 is 47.2 Å². The minimum Gasteiger partial charge on any atom is -0.497 e. The lowest BCUT2D eigenvalue weighted by molar-refractivity contribution is -0.133. The van der Waals surface area contributed by atoms with Crippen molar-refractivity contribution in [2.24, 2.45) is 0 Å². The maximum atomic E-state index is 14.5. The summed E-state index contributed by atoms with van der Waals surface area (Å²) in [5, 5.41) is 6.63. The molecule has 0 aliphatic carbocycles. The Morgan fingerprint density at radius 1 is 0.923 bits per heavy atom. The van der Waals surface area contributed by atoms with Gasteiger partial charge in [0.2, 0.25) is 5.91 Å². The highest BCUT2D eigenvalue weighted by atomic mass is 19.2. The lowest BCUT2D eigenvalue weighted by Gasteiger charge is -2.40. The molecule has 3 aromatic carbocycles. The van der Waals surface area contributed by atoms with Gasteiger partial charge in [-0.15, -0.1) is 0 Å². The molecule has 0 bridgehead atoms. The predicted octanol–water partition coefficient (Wildman–Crippen LogP) is 4.55. The van der Waals surface area contributed by atoms with Crippen molar-refractivity contribution in [1.29, 1.82) is 0 Å². The van der Waals surface area contributed by atoms with Gasteiger partial charge in [-0.05, 0) is 55.8 Å². The van der Waals surface area contributed by atoms with Gasteiger partial charge in [0.25, 0.3) is 5.56 Å². The number of carbonyl (C=O) groups is 3. The van der Waals surface area contributed by atoms with Crippen molar-refractivity contribution in [2.45, 2.75) is 32.4 Å². The van der Waals surface area contributed by atoms with Gasteiger partial charge in [0.1, 0.15) is 23.4 Å². The number of rotatable bonds is 10. The molecule has 1 aliphatic rings. The van der Waals surface area contributed by atoms with E-state index in [1.807, 2.05) is 0 Å². The van der Waals surface area contributed by atoms with Crippen LogP contribution in [-0.4, -0.2) is 86.1 Å². The molecule has 276 valence electrons. The van der Waals surface area contributed by atoms with Gasteiger partial charge in [0.05, 0.1) is 57.1 Å². The van der Waals surface area contributed by atoms with Crippen LogP contribution >= 0.6 is 0 Å². The third kappa shape index (κ3) is 7.67. The number of carbonyl (C=O) groups excluding carboxylic acids is 3. The van der Waals surface area contributed by atoms with Crippen molar-refractivity contribution in [3.05, 3.63) is 88.2 Å². The number of urea groups is 1. The van der Waals surface area contributed by atoms with Crippen LogP contribution in [0.5, 0.6) is 11.5 Å². The Labute approximate surface area is 296 Å². The van der Waals surface area contributed by atoms with Gasteiger partial charge >= 0.3 is 12.1 Å². The number of hydrogen-bond donors (Lipinski definition) is 2. The van der Waals surface area contributed by atoms with Crippen molar-refractivity contribution in [1.82, 2.24) is 19.9 Å². The van der Waals surface area contributed by atoms with Crippen LogP contribution in [0.3, 0.4) is 0 Å². The van der Waals surface area contributed by atoms with Gasteiger partial charge in [0, 0.05) is 30.9 Å². The largest absolute Gasteiger partial charge is 0.497 e. The number of hydrogen-bond acceptors (Lipinski definition) is 9. The molecule has 1 unspecified atom stereocenters. The Bertz CT molecular complexity index is 2020. The lowest BCUT2D eigenvalue weighted by atomic mass is 10.1. The monoisotopic (exact) mass is 725 g/mol. The number of amides is 4. The van der Waals surface area contributed by atoms with Crippen molar-refractivity contribution in [3.8, 4) is 11.5 Å². The van der Waals surface area contributed by atoms with Crippen molar-refractivity contribution < 1.29 is 41.8 Å². The second-order valence-corrected chi connectivity index (χ2v) is 11.8. The predicted molar refractivity (Wildman–Crippen MR) is 186 cm³/mol. The normalized spacial score (nSPS) is 14.0. The van der Waals surface area contributed by atoms with Crippen LogP contribution in [0.25, 0.3) is 10.9 Å². The zero-order valence-electron chi connectivity index (χ0n) is 29.1. The quantitative estimate of drug-likeness (QED) is 0.241. The number of nitrogens with one attached hydrogen (secondary N) is 2. The van der Waals surface area contributed by atoms with E-state index in [0.717, 1.165) is 12.1 Å². The fourth-order valence-electron chi connectivity index (χ4n) is 5.92. The van der Waals surface area contributed by atoms with E-state index in [1.54, 1.807) is 37.1 Å². The van der Waals surface area contributed by atoms with Gasteiger partial charge in [-0.1, -0.05) is 6.92 Å². The molecule has 4 aromatic rings. The maximum absolute atomic E-state index is 14.5. The molecule has 5 rings (SSSR count). The number of methoxy groups -OCH3 is 3. The Hall–Kier alpha value is -6.00. The zero-order valence-corrected chi connectivity index (χ0v) is 29.1. The standard InChI is InChI=1S/C35H38F3N7O7/c1-6-27(41-35(49)52-5)33(47)42-13-15-43(16-14-42)45-31(40-28-19-26(38)25(37)18-24(28)32(45)46)20(2)44(29-12-11-23(50-3)17-30(29)51-4)34(48)39-22-9-7-21(36)8-10-22/h7-12,17-20,27H,6,13-16H2,1-5H3,(H,39,48)(H,41,49)/t20?,27-/m0/s1. The van der Waals surface area contributed by atoms with Crippen LogP contribution in [0, 0.1) is 17.5 Å². The summed E-state index contributed by atoms with van der Waals surface area (Å²) in [5.41, 5.74) is -0.424. The Balaban J connectivity index is 1.61. The minimum atomic E-state index is -1.25. The van der Waals surface area contributed by atoms with Crippen LogP contribution in [0.15, 0.2) is 59.4 Å². The molecule has 52 heavy (non-hydrogen) atoms. The number of anilines is 2. The van der Waals surface area contributed by atoms with Gasteiger partial charge in [0.15, 0.2) is 17.5 Å². The van der Waals surface area contributed by atoms with Crippen LogP contribution in [0.2, 0.25) is 0 Å². The van der Waals surface area contributed by atoms with Crippen molar-refractivity contribution in [3.63, 3.8) is 0 Å². The molecule has 0 saturated carbocycles. The van der Waals surface area contributed by atoms with E-state index in [0.29, 0.717) is 12.2 Å². The summed E-state index contributed by atoms with van der Waals surface area (Å²) >= 11 is 0. The maximum Gasteiger partial charge on any atom is 0.407 e. The molecular weight excluding hydrogens is 687 g/mol. The third-order valence-corrected chi connectivity index (χ3v) is 8.67. The van der Waals surface area contributed by atoms with E-state index in [9.17, 15) is 32.3 Å². The lowest BCUT2D eigenvalue weighted by Crippen LogP contribution is -2.59. The molecule has 2 heterocycles. The number of nitrogens with zero attached hydrogens (tertiary/aromatic N) is 5. The second kappa shape index (κ2) is 15.9. The minimum absolute atomic E-state index is 0.0331. The molecule has 0 radical (unpaired) electrons. The first-order valence-corrected chi connectivity index (χ1v) is 16.3. The first kappa shape index (κ1) is 37.3. The van der Waals surface area contributed by atoms with E-state index in [2.05, 4.69) is 20.4 Å². The van der Waals surface area contributed by atoms with E-state index >= 15 is 0 Å². The van der Waals surface area contributed by atoms with Gasteiger partial charge in [-0.2, -0.15) is 0 Å². The fourth-order valence-corrected chi connectivity index (χ4v) is 5.92. The second-order valence-electron chi connectivity index (χ2n) is 11.8.